The second kappa shape index (κ2) is 6.28. The van der Waals surface area contributed by atoms with E-state index in [0.29, 0.717) is 16.0 Å². The molecule has 0 atom stereocenters. The molecule has 2 rings (SSSR count). The molecular weight excluding hydrogens is 344 g/mol. The minimum absolute atomic E-state index is 0.117. The van der Waals surface area contributed by atoms with Gasteiger partial charge in [-0.05, 0) is 22.0 Å². The molecule has 1 amide bonds. The zero-order chi connectivity index (χ0) is 14.7. The SMILES string of the molecule is CC(C)c1ncc(Cl)c(C(=O)Nc2ccncc2Br)n1. The van der Waals surface area contributed by atoms with Crippen molar-refractivity contribution in [2.45, 2.75) is 19.8 Å². The van der Waals surface area contributed by atoms with E-state index in [-0.39, 0.29) is 22.5 Å². The number of halogens is 2. The van der Waals surface area contributed by atoms with E-state index in [0.717, 1.165) is 0 Å². The first-order valence-electron chi connectivity index (χ1n) is 5.92. The maximum atomic E-state index is 12.2. The molecule has 7 heteroatoms. The molecular formula is C13H12BrClN4O. The lowest BCUT2D eigenvalue weighted by Gasteiger charge is -2.09. The van der Waals surface area contributed by atoms with Crippen molar-refractivity contribution in [1.29, 1.82) is 0 Å². The van der Waals surface area contributed by atoms with Crippen LogP contribution in [0.25, 0.3) is 0 Å². The number of anilines is 1. The van der Waals surface area contributed by atoms with E-state index in [1.54, 1.807) is 18.5 Å². The normalized spacial score (nSPS) is 10.7. The largest absolute Gasteiger partial charge is 0.319 e. The lowest BCUT2D eigenvalue weighted by molar-refractivity contribution is 0.102. The maximum Gasteiger partial charge on any atom is 0.275 e. The fourth-order valence-electron chi connectivity index (χ4n) is 1.48. The fourth-order valence-corrected chi connectivity index (χ4v) is 2.00. The quantitative estimate of drug-likeness (QED) is 0.912. The number of nitrogens with one attached hydrogen (secondary N) is 1. The highest BCUT2D eigenvalue weighted by Crippen LogP contribution is 2.22. The van der Waals surface area contributed by atoms with Gasteiger partial charge in [0.1, 0.15) is 5.82 Å². The average Bonchev–Trinajstić information content (AvgIpc) is 2.41. The van der Waals surface area contributed by atoms with Crippen LogP contribution in [0.1, 0.15) is 36.1 Å². The second-order valence-corrected chi connectivity index (χ2v) is 5.65. The minimum Gasteiger partial charge on any atom is -0.319 e. The molecule has 0 aliphatic rings. The zero-order valence-electron chi connectivity index (χ0n) is 10.9. The van der Waals surface area contributed by atoms with Gasteiger partial charge in [-0.15, -0.1) is 0 Å². The summed E-state index contributed by atoms with van der Waals surface area (Å²) in [6, 6.07) is 1.68. The number of carbonyl (C=O) groups excluding carboxylic acids is 1. The minimum atomic E-state index is -0.383. The summed E-state index contributed by atoms with van der Waals surface area (Å²) in [4.78, 5) is 24.5. The van der Waals surface area contributed by atoms with Crippen LogP contribution in [-0.2, 0) is 0 Å². The number of carbonyl (C=O) groups is 1. The van der Waals surface area contributed by atoms with Gasteiger partial charge >= 0.3 is 0 Å². The lowest BCUT2D eigenvalue weighted by Crippen LogP contribution is -2.16. The van der Waals surface area contributed by atoms with Gasteiger partial charge in [0.05, 0.1) is 21.4 Å². The summed E-state index contributed by atoms with van der Waals surface area (Å²) in [5.41, 5.74) is 0.764. The van der Waals surface area contributed by atoms with Crippen LogP contribution in [0, 0.1) is 0 Å². The van der Waals surface area contributed by atoms with E-state index in [4.69, 9.17) is 11.6 Å². The Morgan fingerprint density at radius 1 is 1.40 bits per heavy atom. The molecule has 0 radical (unpaired) electrons. The van der Waals surface area contributed by atoms with E-state index in [2.05, 4.69) is 36.2 Å². The number of aromatic nitrogens is 3. The standard InChI is InChI=1S/C13H12BrClN4O/c1-7(2)12-17-6-9(15)11(19-12)13(20)18-10-3-4-16-5-8(10)14/h3-7H,1-2H3,(H,16,18,20). The first kappa shape index (κ1) is 14.9. The average molecular weight is 356 g/mol. The van der Waals surface area contributed by atoms with Crippen LogP contribution in [0.5, 0.6) is 0 Å². The fraction of sp³-hybridized carbons (Fsp3) is 0.231. The molecule has 0 aromatic carbocycles. The van der Waals surface area contributed by atoms with Crippen LogP contribution in [-0.4, -0.2) is 20.9 Å². The molecule has 1 N–H and O–H groups in total. The molecule has 0 saturated carbocycles. The smallest absolute Gasteiger partial charge is 0.275 e. The Morgan fingerprint density at radius 2 is 2.15 bits per heavy atom. The summed E-state index contributed by atoms with van der Waals surface area (Å²) >= 11 is 9.30. The van der Waals surface area contributed by atoms with Crippen LogP contribution in [0.3, 0.4) is 0 Å². The van der Waals surface area contributed by atoms with E-state index >= 15 is 0 Å². The topological polar surface area (TPSA) is 67.8 Å². The number of rotatable bonds is 3. The molecule has 0 unspecified atom stereocenters. The number of amides is 1. The Morgan fingerprint density at radius 3 is 2.80 bits per heavy atom. The van der Waals surface area contributed by atoms with Crippen LogP contribution < -0.4 is 5.32 Å². The third-order valence-electron chi connectivity index (χ3n) is 2.51. The second-order valence-electron chi connectivity index (χ2n) is 4.39. The Labute approximate surface area is 129 Å². The zero-order valence-corrected chi connectivity index (χ0v) is 13.2. The van der Waals surface area contributed by atoms with Crippen molar-refractivity contribution in [3.05, 3.63) is 45.7 Å². The first-order valence-corrected chi connectivity index (χ1v) is 7.09. The van der Waals surface area contributed by atoms with Crippen molar-refractivity contribution in [2.24, 2.45) is 0 Å². The summed E-state index contributed by atoms with van der Waals surface area (Å²) in [6.07, 6.45) is 4.62. The van der Waals surface area contributed by atoms with Crippen molar-refractivity contribution in [1.82, 2.24) is 15.0 Å². The number of pyridine rings is 1. The Hall–Kier alpha value is -1.53. The summed E-state index contributed by atoms with van der Waals surface area (Å²) in [6.45, 7) is 3.90. The predicted molar refractivity (Wildman–Crippen MR) is 81.0 cm³/mol. The molecule has 104 valence electrons. The highest BCUT2D eigenvalue weighted by atomic mass is 79.9. The van der Waals surface area contributed by atoms with Gasteiger partial charge < -0.3 is 5.32 Å². The van der Waals surface area contributed by atoms with Crippen LogP contribution in [0.15, 0.2) is 29.1 Å². The van der Waals surface area contributed by atoms with Crippen molar-refractivity contribution >= 4 is 39.1 Å². The van der Waals surface area contributed by atoms with E-state index < -0.39 is 0 Å². The van der Waals surface area contributed by atoms with Crippen LogP contribution in [0.2, 0.25) is 5.02 Å². The molecule has 0 aliphatic carbocycles. The first-order chi connectivity index (χ1) is 9.49. The van der Waals surface area contributed by atoms with Gasteiger partial charge in [0, 0.05) is 18.3 Å². The van der Waals surface area contributed by atoms with Crippen molar-refractivity contribution in [3.8, 4) is 0 Å². The molecule has 0 spiro atoms. The van der Waals surface area contributed by atoms with E-state index in [9.17, 15) is 4.79 Å². The van der Waals surface area contributed by atoms with Gasteiger partial charge in [0.15, 0.2) is 5.69 Å². The molecule has 5 nitrogen and oxygen atoms in total. The molecule has 2 aromatic rings. The van der Waals surface area contributed by atoms with Gasteiger partial charge in [0.2, 0.25) is 0 Å². The number of hydrogen-bond acceptors (Lipinski definition) is 4. The van der Waals surface area contributed by atoms with Gasteiger partial charge in [-0.25, -0.2) is 9.97 Å². The highest BCUT2D eigenvalue weighted by Gasteiger charge is 2.16. The van der Waals surface area contributed by atoms with Crippen LogP contribution >= 0.6 is 27.5 Å². The Bertz CT molecular complexity index is 648. The van der Waals surface area contributed by atoms with Gasteiger partial charge in [-0.1, -0.05) is 25.4 Å². The van der Waals surface area contributed by atoms with Gasteiger partial charge in [-0.2, -0.15) is 0 Å². The molecule has 0 aliphatic heterocycles. The Kier molecular flexibility index (Phi) is 4.67. The molecule has 0 bridgehead atoms. The van der Waals surface area contributed by atoms with Gasteiger partial charge in [-0.3, -0.25) is 9.78 Å². The van der Waals surface area contributed by atoms with E-state index in [1.165, 1.54) is 6.20 Å². The van der Waals surface area contributed by atoms with Crippen molar-refractivity contribution < 1.29 is 4.79 Å². The highest BCUT2D eigenvalue weighted by molar-refractivity contribution is 9.10. The van der Waals surface area contributed by atoms with Crippen LogP contribution in [0.4, 0.5) is 5.69 Å². The maximum absolute atomic E-state index is 12.2. The molecule has 0 fully saturated rings. The summed E-state index contributed by atoms with van der Waals surface area (Å²) in [7, 11) is 0. The monoisotopic (exact) mass is 354 g/mol. The number of hydrogen-bond donors (Lipinski definition) is 1. The van der Waals surface area contributed by atoms with E-state index in [1.807, 2.05) is 13.8 Å². The number of nitrogens with zero attached hydrogens (tertiary/aromatic N) is 3. The van der Waals surface area contributed by atoms with Gasteiger partial charge in [0.25, 0.3) is 5.91 Å². The molecule has 0 saturated heterocycles. The third-order valence-corrected chi connectivity index (χ3v) is 3.42. The summed E-state index contributed by atoms with van der Waals surface area (Å²) in [5.74, 6) is 0.311. The van der Waals surface area contributed by atoms with Crippen molar-refractivity contribution in [3.63, 3.8) is 0 Å². The predicted octanol–water partition coefficient (Wildman–Crippen LogP) is 3.66. The third kappa shape index (κ3) is 3.32. The molecule has 2 heterocycles. The Balaban J connectivity index is 2.30. The lowest BCUT2D eigenvalue weighted by atomic mass is 10.2. The van der Waals surface area contributed by atoms with Crippen molar-refractivity contribution in [2.75, 3.05) is 5.32 Å². The summed E-state index contributed by atoms with van der Waals surface area (Å²) < 4.78 is 0.683. The molecule has 20 heavy (non-hydrogen) atoms. The summed E-state index contributed by atoms with van der Waals surface area (Å²) in [5, 5.41) is 2.95. The molecule has 2 aromatic heterocycles.